The van der Waals surface area contributed by atoms with E-state index < -0.39 is 20.1 Å². The van der Waals surface area contributed by atoms with Crippen molar-refractivity contribution < 1.29 is 25.8 Å². The lowest BCUT2D eigenvalue weighted by atomic mass is 10.1. The zero-order chi connectivity index (χ0) is 21.6. The van der Waals surface area contributed by atoms with E-state index in [1.165, 1.54) is 28.6 Å². The van der Waals surface area contributed by atoms with Crippen molar-refractivity contribution in [3.8, 4) is 5.75 Å². The van der Waals surface area contributed by atoms with Crippen LogP contribution in [0.1, 0.15) is 31.7 Å². The van der Waals surface area contributed by atoms with Crippen LogP contribution >= 0.6 is 0 Å². The molecule has 0 bridgehead atoms. The fraction of sp³-hybridized carbons (Fsp3) is 0.429. The average Bonchev–Trinajstić information content (AvgIpc) is 2.76. The highest BCUT2D eigenvalue weighted by Crippen LogP contribution is 2.23. The molecule has 0 spiro atoms. The molecule has 1 fully saturated rings. The number of sulfonamides is 1. The van der Waals surface area contributed by atoms with Crippen LogP contribution in [0.4, 0.5) is 0 Å². The van der Waals surface area contributed by atoms with Gasteiger partial charge in [0.05, 0.1) is 18.1 Å². The summed E-state index contributed by atoms with van der Waals surface area (Å²) in [6, 6.07) is 12.1. The molecule has 0 aromatic heterocycles. The molecule has 1 aliphatic heterocycles. The first-order valence-corrected chi connectivity index (χ1v) is 12.9. The number of rotatable bonds is 9. The van der Waals surface area contributed by atoms with Gasteiger partial charge in [-0.25, -0.2) is 8.42 Å². The van der Waals surface area contributed by atoms with Gasteiger partial charge in [-0.05, 0) is 54.8 Å². The van der Waals surface area contributed by atoms with Crippen molar-refractivity contribution in [2.24, 2.45) is 0 Å². The predicted molar refractivity (Wildman–Crippen MR) is 114 cm³/mol. The van der Waals surface area contributed by atoms with Gasteiger partial charge in [0.1, 0.15) is 10.6 Å². The van der Waals surface area contributed by atoms with E-state index in [-0.39, 0.29) is 28.6 Å². The van der Waals surface area contributed by atoms with E-state index in [1.54, 1.807) is 12.1 Å². The van der Waals surface area contributed by atoms with Gasteiger partial charge < -0.3 is 8.92 Å². The van der Waals surface area contributed by atoms with Crippen molar-refractivity contribution in [2.45, 2.75) is 42.4 Å². The molecule has 30 heavy (non-hydrogen) atoms. The van der Waals surface area contributed by atoms with Crippen LogP contribution in [0.3, 0.4) is 0 Å². The first-order chi connectivity index (χ1) is 14.3. The van der Waals surface area contributed by atoms with Gasteiger partial charge in [0.25, 0.3) is 0 Å². The Bertz CT molecular complexity index is 1030. The number of unbranched alkanes of at least 4 members (excludes halogenated alkanes) is 2. The Kier molecular flexibility index (Phi) is 7.51. The van der Waals surface area contributed by atoms with Crippen molar-refractivity contribution in [1.82, 2.24) is 4.31 Å². The SMILES string of the molecule is CCCCCc1ccc(OS(=O)(=O)c2ccc(S(=O)(=O)N3CCOCC3)cc2)cc1. The van der Waals surface area contributed by atoms with Crippen molar-refractivity contribution >= 4 is 20.1 Å². The molecular formula is C21H27NO6S2. The van der Waals surface area contributed by atoms with Crippen LogP contribution in [0.25, 0.3) is 0 Å². The number of hydrogen-bond acceptors (Lipinski definition) is 6. The maximum absolute atomic E-state index is 12.7. The van der Waals surface area contributed by atoms with Crippen LogP contribution in [0.15, 0.2) is 58.3 Å². The Morgan fingerprint density at radius 2 is 1.47 bits per heavy atom. The fourth-order valence-electron chi connectivity index (χ4n) is 3.18. The molecule has 1 heterocycles. The van der Waals surface area contributed by atoms with Crippen LogP contribution in [0.5, 0.6) is 5.75 Å². The minimum absolute atomic E-state index is 0.0415. The maximum Gasteiger partial charge on any atom is 0.339 e. The standard InChI is InChI=1S/C21H27NO6S2/c1-2-3-4-5-18-6-8-19(9-7-18)28-30(25,26)21-12-10-20(11-13-21)29(23,24)22-14-16-27-17-15-22/h6-13H,2-5,14-17H2,1H3. The summed E-state index contributed by atoms with van der Waals surface area (Å²) in [5, 5.41) is 0. The molecule has 0 saturated carbocycles. The monoisotopic (exact) mass is 453 g/mol. The maximum atomic E-state index is 12.7. The fourth-order valence-corrected chi connectivity index (χ4v) is 5.52. The summed E-state index contributed by atoms with van der Waals surface area (Å²) < 4.78 is 62.2. The molecule has 2 aromatic rings. The summed E-state index contributed by atoms with van der Waals surface area (Å²) in [6.45, 7) is 3.39. The second-order valence-electron chi connectivity index (χ2n) is 7.13. The summed E-state index contributed by atoms with van der Waals surface area (Å²) in [4.78, 5) is -0.0600. The third-order valence-electron chi connectivity index (χ3n) is 4.92. The number of benzene rings is 2. The zero-order valence-corrected chi connectivity index (χ0v) is 18.6. The molecule has 1 aliphatic rings. The van der Waals surface area contributed by atoms with Crippen LogP contribution in [0, 0.1) is 0 Å². The van der Waals surface area contributed by atoms with Crippen LogP contribution < -0.4 is 4.18 Å². The summed E-state index contributed by atoms with van der Waals surface area (Å²) in [5.41, 5.74) is 1.13. The Balaban J connectivity index is 1.69. The molecule has 3 rings (SSSR count). The van der Waals surface area contributed by atoms with E-state index in [0.29, 0.717) is 13.2 Å². The zero-order valence-electron chi connectivity index (χ0n) is 17.0. The third kappa shape index (κ3) is 5.60. The lowest BCUT2D eigenvalue weighted by Gasteiger charge is -2.26. The predicted octanol–water partition coefficient (Wildman–Crippen LogP) is 3.21. The van der Waals surface area contributed by atoms with Gasteiger partial charge in [-0.3, -0.25) is 0 Å². The molecule has 164 valence electrons. The molecule has 0 unspecified atom stereocenters. The summed E-state index contributed by atoms with van der Waals surface area (Å²) in [5.74, 6) is 0.222. The molecule has 0 radical (unpaired) electrons. The number of aryl methyl sites for hydroxylation is 1. The van der Waals surface area contributed by atoms with Gasteiger partial charge in [-0.15, -0.1) is 0 Å². The summed E-state index contributed by atoms with van der Waals surface area (Å²) in [7, 11) is -7.74. The van der Waals surface area contributed by atoms with Crippen molar-refractivity contribution in [2.75, 3.05) is 26.3 Å². The lowest BCUT2D eigenvalue weighted by molar-refractivity contribution is 0.0730. The second-order valence-corrected chi connectivity index (χ2v) is 10.6. The van der Waals surface area contributed by atoms with E-state index in [2.05, 4.69) is 6.92 Å². The molecule has 0 aliphatic carbocycles. The van der Waals surface area contributed by atoms with Crippen LogP contribution in [-0.2, 0) is 31.3 Å². The van der Waals surface area contributed by atoms with E-state index >= 15 is 0 Å². The quantitative estimate of drug-likeness (QED) is 0.428. The molecular weight excluding hydrogens is 426 g/mol. The topological polar surface area (TPSA) is 90.0 Å². The normalized spacial score (nSPS) is 15.8. The van der Waals surface area contributed by atoms with E-state index in [0.717, 1.165) is 31.2 Å². The molecule has 0 N–H and O–H groups in total. The Labute approximate surface area is 178 Å². The molecule has 7 nitrogen and oxygen atoms in total. The highest BCUT2D eigenvalue weighted by atomic mass is 32.2. The molecule has 0 amide bonds. The smallest absolute Gasteiger partial charge is 0.339 e. The third-order valence-corrected chi connectivity index (χ3v) is 8.09. The summed E-state index contributed by atoms with van der Waals surface area (Å²) >= 11 is 0. The van der Waals surface area contributed by atoms with Crippen molar-refractivity contribution in [1.29, 1.82) is 0 Å². The van der Waals surface area contributed by atoms with Gasteiger partial charge in [0.2, 0.25) is 10.0 Å². The molecule has 2 aromatic carbocycles. The van der Waals surface area contributed by atoms with Gasteiger partial charge in [-0.1, -0.05) is 31.9 Å². The first-order valence-electron chi connectivity index (χ1n) is 10.0. The Morgan fingerprint density at radius 1 is 0.867 bits per heavy atom. The van der Waals surface area contributed by atoms with Gasteiger partial charge in [0, 0.05) is 13.1 Å². The highest BCUT2D eigenvalue weighted by molar-refractivity contribution is 7.89. The minimum Gasteiger partial charge on any atom is -0.379 e. The van der Waals surface area contributed by atoms with E-state index in [1.807, 2.05) is 12.1 Å². The number of nitrogens with zero attached hydrogens (tertiary/aromatic N) is 1. The van der Waals surface area contributed by atoms with Crippen LogP contribution in [-0.4, -0.2) is 47.4 Å². The van der Waals surface area contributed by atoms with Crippen LogP contribution in [0.2, 0.25) is 0 Å². The summed E-state index contributed by atoms with van der Waals surface area (Å²) in [6.07, 6.45) is 4.34. The number of hydrogen-bond donors (Lipinski definition) is 0. The minimum atomic E-state index is -4.06. The average molecular weight is 454 g/mol. The van der Waals surface area contributed by atoms with E-state index in [9.17, 15) is 16.8 Å². The van der Waals surface area contributed by atoms with Crippen molar-refractivity contribution in [3.63, 3.8) is 0 Å². The Morgan fingerprint density at radius 3 is 2.07 bits per heavy atom. The van der Waals surface area contributed by atoms with Gasteiger partial charge in [-0.2, -0.15) is 12.7 Å². The van der Waals surface area contributed by atoms with Gasteiger partial charge >= 0.3 is 10.1 Å². The lowest BCUT2D eigenvalue weighted by Crippen LogP contribution is -2.40. The van der Waals surface area contributed by atoms with E-state index in [4.69, 9.17) is 8.92 Å². The van der Waals surface area contributed by atoms with Crippen molar-refractivity contribution in [3.05, 3.63) is 54.1 Å². The second kappa shape index (κ2) is 9.91. The van der Waals surface area contributed by atoms with Gasteiger partial charge in [0.15, 0.2) is 0 Å². The first kappa shape index (κ1) is 22.7. The molecule has 0 atom stereocenters. The molecule has 9 heteroatoms. The highest BCUT2D eigenvalue weighted by Gasteiger charge is 2.27. The number of morpholine rings is 1. The number of ether oxygens (including phenoxy) is 1. The molecule has 1 saturated heterocycles. The largest absolute Gasteiger partial charge is 0.379 e. The Hall–Kier alpha value is -1.94.